The SMILES string of the molecule is CCCC/C=C/CCCCCCCCCCCCCCCCC[N+](C(C)C(=O)[O-])(C(C)C(=O)O)C(C)C(=O)O. The average Bonchev–Trinajstić information content (AvgIpc) is 2.90. The van der Waals surface area contributed by atoms with Crippen molar-refractivity contribution in [3.8, 4) is 0 Å². The lowest BCUT2D eigenvalue weighted by molar-refractivity contribution is -0.969. The summed E-state index contributed by atoms with van der Waals surface area (Å²) in [7, 11) is 0. The van der Waals surface area contributed by atoms with Gasteiger partial charge in [0.1, 0.15) is 6.04 Å². The number of allylic oxidation sites excluding steroid dienone is 2. The second-order valence-electron chi connectivity index (χ2n) is 11.4. The first-order valence-electron chi connectivity index (χ1n) is 15.8. The Bertz CT molecular complexity index is 642. The molecule has 0 aliphatic rings. The van der Waals surface area contributed by atoms with Crippen molar-refractivity contribution in [3.05, 3.63) is 12.2 Å². The predicted octanol–water partition coefficient (Wildman–Crippen LogP) is 6.88. The maximum Gasteiger partial charge on any atom is 0.362 e. The summed E-state index contributed by atoms with van der Waals surface area (Å²) >= 11 is 0. The standard InChI is InChI=1S/C32H59NO6/c1-5-6-7-8-9-10-11-12-13-14-15-16-17-18-19-20-21-22-23-24-25-26-33(27(2)30(34)35,28(3)31(36)37)29(4)32(38)39/h8-9,27-29H,5-7,10-26H2,1-4H3,(H2-,34,35,36,37,38,39)/b9-8+. The van der Waals surface area contributed by atoms with E-state index in [0.717, 1.165) is 19.3 Å². The van der Waals surface area contributed by atoms with Crippen molar-refractivity contribution in [1.82, 2.24) is 0 Å². The van der Waals surface area contributed by atoms with Crippen LogP contribution in [0.15, 0.2) is 12.2 Å². The Morgan fingerprint density at radius 2 is 0.923 bits per heavy atom. The zero-order valence-corrected chi connectivity index (χ0v) is 25.5. The van der Waals surface area contributed by atoms with Gasteiger partial charge in [0.05, 0.1) is 12.5 Å². The molecular formula is C32H59NO6. The summed E-state index contributed by atoms with van der Waals surface area (Å²) in [6.07, 6.45) is 27.6. The van der Waals surface area contributed by atoms with Crippen LogP contribution in [0.1, 0.15) is 150 Å². The average molecular weight is 554 g/mol. The number of aliphatic carboxylic acids is 3. The summed E-state index contributed by atoms with van der Waals surface area (Å²) in [5.41, 5.74) is 0. The molecule has 7 heteroatoms. The van der Waals surface area contributed by atoms with Crippen molar-refractivity contribution in [2.75, 3.05) is 6.54 Å². The Balaban J connectivity index is 4.01. The van der Waals surface area contributed by atoms with Gasteiger partial charge in [0.15, 0.2) is 12.1 Å². The van der Waals surface area contributed by atoms with Crippen LogP contribution in [0.25, 0.3) is 0 Å². The number of hydrogen-bond acceptors (Lipinski definition) is 4. The molecule has 0 fully saturated rings. The van der Waals surface area contributed by atoms with Crippen LogP contribution in [0.5, 0.6) is 0 Å². The Morgan fingerprint density at radius 3 is 1.26 bits per heavy atom. The number of carbonyl (C=O) groups is 3. The molecule has 2 N–H and O–H groups in total. The molecule has 0 radical (unpaired) electrons. The molecule has 0 aromatic heterocycles. The first-order valence-corrected chi connectivity index (χ1v) is 15.8. The highest BCUT2D eigenvalue weighted by molar-refractivity contribution is 5.76. The number of nitrogens with zero attached hydrogens (tertiary/aromatic N) is 1. The fraction of sp³-hybridized carbons (Fsp3) is 0.844. The van der Waals surface area contributed by atoms with Crippen LogP contribution >= 0.6 is 0 Å². The first kappa shape index (κ1) is 37.1. The van der Waals surface area contributed by atoms with E-state index in [1.165, 1.54) is 117 Å². The normalized spacial score (nSPS) is 15.6. The summed E-state index contributed by atoms with van der Waals surface area (Å²) in [6.45, 7) is 6.58. The largest absolute Gasteiger partial charge is 0.544 e. The lowest BCUT2D eigenvalue weighted by Gasteiger charge is -2.49. The Hall–Kier alpha value is -1.89. The monoisotopic (exact) mass is 553 g/mol. The topological polar surface area (TPSA) is 115 Å². The van der Waals surface area contributed by atoms with Crippen LogP contribution in [0.3, 0.4) is 0 Å². The van der Waals surface area contributed by atoms with E-state index >= 15 is 0 Å². The van der Waals surface area contributed by atoms with Gasteiger partial charge in [0.2, 0.25) is 0 Å². The third-order valence-corrected chi connectivity index (χ3v) is 8.53. The lowest BCUT2D eigenvalue weighted by atomic mass is 9.99. The molecule has 0 heterocycles. The third kappa shape index (κ3) is 15.5. The summed E-state index contributed by atoms with van der Waals surface area (Å²) < 4.78 is -0.538. The van der Waals surface area contributed by atoms with Crippen molar-refractivity contribution in [2.45, 2.75) is 168 Å². The quantitative estimate of drug-likeness (QED) is 0.0651. The minimum absolute atomic E-state index is 0.187. The Labute approximate surface area is 238 Å². The van der Waals surface area contributed by atoms with E-state index in [1.54, 1.807) is 0 Å². The highest BCUT2D eigenvalue weighted by Gasteiger charge is 2.50. The number of carbonyl (C=O) groups excluding carboxylic acids is 1. The molecule has 0 bridgehead atoms. The highest BCUT2D eigenvalue weighted by Crippen LogP contribution is 2.27. The van der Waals surface area contributed by atoms with Crippen LogP contribution in [0.2, 0.25) is 0 Å². The molecular weight excluding hydrogens is 494 g/mol. The number of carboxylic acids is 3. The van der Waals surface area contributed by atoms with Crippen molar-refractivity contribution in [3.63, 3.8) is 0 Å². The summed E-state index contributed by atoms with van der Waals surface area (Å²) in [5.74, 6) is -3.81. The molecule has 228 valence electrons. The molecule has 0 aromatic rings. The number of hydrogen-bond donors (Lipinski definition) is 2. The van der Waals surface area contributed by atoms with Gasteiger partial charge >= 0.3 is 11.9 Å². The molecule has 39 heavy (non-hydrogen) atoms. The molecule has 0 aliphatic carbocycles. The second kappa shape index (κ2) is 22.9. The van der Waals surface area contributed by atoms with E-state index in [2.05, 4.69) is 19.1 Å². The smallest absolute Gasteiger partial charge is 0.362 e. The highest BCUT2D eigenvalue weighted by atomic mass is 16.4. The summed E-state index contributed by atoms with van der Waals surface area (Å²) in [6, 6.07) is -3.55. The van der Waals surface area contributed by atoms with Crippen molar-refractivity contribution in [2.24, 2.45) is 0 Å². The molecule has 0 rings (SSSR count). The van der Waals surface area contributed by atoms with Crippen LogP contribution in [0, 0.1) is 0 Å². The molecule has 0 spiro atoms. The van der Waals surface area contributed by atoms with Crippen LogP contribution < -0.4 is 5.11 Å². The van der Waals surface area contributed by atoms with E-state index in [-0.39, 0.29) is 6.54 Å². The van der Waals surface area contributed by atoms with Crippen molar-refractivity contribution < 1.29 is 34.2 Å². The molecule has 7 nitrogen and oxygen atoms in total. The third-order valence-electron chi connectivity index (χ3n) is 8.53. The van der Waals surface area contributed by atoms with Gasteiger partial charge in [0, 0.05) is 0 Å². The molecule has 0 saturated heterocycles. The number of unbranched alkanes of at least 4 members (excludes halogenated alkanes) is 17. The van der Waals surface area contributed by atoms with E-state index in [9.17, 15) is 29.7 Å². The molecule has 3 unspecified atom stereocenters. The van der Waals surface area contributed by atoms with E-state index in [0.29, 0.717) is 6.42 Å². The Kier molecular flexibility index (Phi) is 21.8. The lowest BCUT2D eigenvalue weighted by Crippen LogP contribution is -2.72. The molecule has 0 aliphatic heterocycles. The fourth-order valence-corrected chi connectivity index (χ4v) is 5.70. The first-order chi connectivity index (χ1) is 18.6. The minimum atomic E-state index is -1.42. The second-order valence-corrected chi connectivity index (χ2v) is 11.4. The van der Waals surface area contributed by atoms with Gasteiger partial charge in [-0.15, -0.1) is 0 Å². The molecule has 0 aromatic carbocycles. The molecule has 3 atom stereocenters. The maximum absolute atomic E-state index is 11.8. The number of rotatable bonds is 27. The van der Waals surface area contributed by atoms with Crippen molar-refractivity contribution in [1.29, 1.82) is 0 Å². The van der Waals surface area contributed by atoms with Gasteiger partial charge in [-0.1, -0.05) is 109 Å². The van der Waals surface area contributed by atoms with Crippen LogP contribution in [-0.2, 0) is 14.4 Å². The minimum Gasteiger partial charge on any atom is -0.544 e. The van der Waals surface area contributed by atoms with Gasteiger partial charge in [-0.05, 0) is 52.9 Å². The van der Waals surface area contributed by atoms with Gasteiger partial charge in [-0.2, -0.15) is 0 Å². The predicted molar refractivity (Wildman–Crippen MR) is 156 cm³/mol. The van der Waals surface area contributed by atoms with Crippen molar-refractivity contribution >= 4 is 17.9 Å². The molecule has 0 saturated carbocycles. The molecule has 0 amide bonds. The van der Waals surface area contributed by atoms with E-state index in [1.807, 2.05) is 0 Å². The maximum atomic E-state index is 11.8. The van der Waals surface area contributed by atoms with Gasteiger partial charge in [-0.3, -0.25) is 4.48 Å². The van der Waals surface area contributed by atoms with E-state index < -0.39 is 40.5 Å². The summed E-state index contributed by atoms with van der Waals surface area (Å²) in [5, 5.41) is 31.0. The Morgan fingerprint density at radius 1 is 0.590 bits per heavy atom. The van der Waals surface area contributed by atoms with Gasteiger partial charge in [0.25, 0.3) is 0 Å². The van der Waals surface area contributed by atoms with E-state index in [4.69, 9.17) is 0 Å². The van der Waals surface area contributed by atoms with Crippen LogP contribution in [0.4, 0.5) is 0 Å². The number of carboxylic acid groups (broad SMARTS) is 3. The van der Waals surface area contributed by atoms with Crippen LogP contribution in [-0.4, -0.2) is 57.3 Å². The number of quaternary nitrogens is 1. The zero-order valence-electron chi connectivity index (χ0n) is 25.5. The van der Waals surface area contributed by atoms with Gasteiger partial charge in [-0.25, -0.2) is 9.59 Å². The zero-order chi connectivity index (χ0) is 29.5. The van der Waals surface area contributed by atoms with Gasteiger partial charge < -0.3 is 20.1 Å². The fourth-order valence-electron chi connectivity index (χ4n) is 5.70. The summed E-state index contributed by atoms with van der Waals surface area (Å²) in [4.78, 5) is 35.3.